The monoisotopic (exact) mass is 291 g/mol. The number of nitro groups is 1. The van der Waals surface area contributed by atoms with Crippen LogP contribution < -0.4 is 5.32 Å². The molecule has 0 saturated carbocycles. The van der Waals surface area contributed by atoms with Crippen molar-refractivity contribution in [3.05, 3.63) is 39.9 Å². The lowest BCUT2D eigenvalue weighted by atomic mass is 10.1. The fourth-order valence-electron chi connectivity index (χ4n) is 2.62. The molecular weight excluding hydrogens is 270 g/mol. The number of rotatable bonds is 6. The van der Waals surface area contributed by atoms with E-state index >= 15 is 0 Å². The van der Waals surface area contributed by atoms with Crippen molar-refractivity contribution in [2.24, 2.45) is 0 Å². The molecule has 0 bridgehead atoms. The van der Waals surface area contributed by atoms with E-state index in [1.54, 1.807) is 18.2 Å². The Bertz CT molecular complexity index is 513. The van der Waals surface area contributed by atoms with E-state index in [1.807, 2.05) is 11.8 Å². The van der Waals surface area contributed by atoms with Gasteiger partial charge in [-0.1, -0.05) is 18.2 Å². The minimum Gasteiger partial charge on any atom is -0.341 e. The molecule has 114 valence electrons. The third-order valence-corrected chi connectivity index (χ3v) is 3.82. The first-order valence-electron chi connectivity index (χ1n) is 7.34. The van der Waals surface area contributed by atoms with E-state index in [-0.39, 0.29) is 22.6 Å². The van der Waals surface area contributed by atoms with Crippen molar-refractivity contribution < 1.29 is 9.72 Å². The minimum atomic E-state index is -0.367. The average Bonchev–Trinajstić information content (AvgIpc) is 3.00. The average molecular weight is 291 g/mol. The van der Waals surface area contributed by atoms with E-state index in [0.717, 1.165) is 25.9 Å². The molecule has 1 saturated heterocycles. The highest BCUT2D eigenvalue weighted by atomic mass is 16.6. The van der Waals surface area contributed by atoms with Gasteiger partial charge >= 0.3 is 0 Å². The number of para-hydroxylation sites is 1. The number of likely N-dealkylation sites (tertiary alicyclic amines) is 1. The lowest BCUT2D eigenvalue weighted by Gasteiger charge is -2.21. The second-order valence-electron chi connectivity index (χ2n) is 5.34. The molecule has 1 atom stereocenters. The molecule has 1 aromatic carbocycles. The van der Waals surface area contributed by atoms with Gasteiger partial charge in [0.05, 0.1) is 11.0 Å². The standard InChI is InChI=1S/C15H21N3O3/c1-12(15(19)17-10-4-5-11-17)16-9-8-13-6-2-3-7-14(13)18(20)21/h2-3,6-7,12,16H,4-5,8-11H2,1H3. The normalized spacial score (nSPS) is 16.0. The zero-order valence-corrected chi connectivity index (χ0v) is 12.2. The van der Waals surface area contributed by atoms with Crippen molar-refractivity contribution in [1.82, 2.24) is 10.2 Å². The number of carbonyl (C=O) groups is 1. The van der Waals surface area contributed by atoms with Gasteiger partial charge in [0.25, 0.3) is 5.69 Å². The summed E-state index contributed by atoms with van der Waals surface area (Å²) >= 11 is 0. The first kappa shape index (κ1) is 15.4. The molecule has 6 nitrogen and oxygen atoms in total. The van der Waals surface area contributed by atoms with Crippen LogP contribution in [0.25, 0.3) is 0 Å². The fraction of sp³-hybridized carbons (Fsp3) is 0.533. The number of carbonyl (C=O) groups excluding carboxylic acids is 1. The molecule has 0 radical (unpaired) electrons. The van der Waals surface area contributed by atoms with Gasteiger partial charge in [0, 0.05) is 31.3 Å². The summed E-state index contributed by atoms with van der Waals surface area (Å²) in [6.07, 6.45) is 2.69. The maximum atomic E-state index is 12.1. The molecule has 1 aromatic rings. The molecule has 1 heterocycles. The van der Waals surface area contributed by atoms with Gasteiger partial charge in [0.2, 0.25) is 5.91 Å². The Labute approximate surface area is 124 Å². The molecule has 1 amide bonds. The van der Waals surface area contributed by atoms with Crippen LogP contribution in [-0.2, 0) is 11.2 Å². The Hall–Kier alpha value is -1.95. The summed E-state index contributed by atoms with van der Waals surface area (Å²) in [4.78, 5) is 24.6. The van der Waals surface area contributed by atoms with Crippen LogP contribution in [0, 0.1) is 10.1 Å². The number of benzene rings is 1. The van der Waals surface area contributed by atoms with Crippen molar-refractivity contribution in [2.45, 2.75) is 32.2 Å². The highest BCUT2D eigenvalue weighted by Crippen LogP contribution is 2.17. The molecule has 0 aliphatic carbocycles. The number of amides is 1. The van der Waals surface area contributed by atoms with Crippen LogP contribution in [0.3, 0.4) is 0 Å². The number of nitrogens with zero attached hydrogens (tertiary/aromatic N) is 2. The molecule has 1 aliphatic rings. The van der Waals surface area contributed by atoms with Crippen molar-refractivity contribution in [2.75, 3.05) is 19.6 Å². The van der Waals surface area contributed by atoms with Gasteiger partial charge < -0.3 is 10.2 Å². The Balaban J connectivity index is 1.84. The summed E-state index contributed by atoms with van der Waals surface area (Å²) in [5, 5.41) is 14.1. The third-order valence-electron chi connectivity index (χ3n) is 3.82. The quantitative estimate of drug-likeness (QED) is 0.640. The SMILES string of the molecule is CC(NCCc1ccccc1[N+](=O)[O-])C(=O)N1CCCC1. The van der Waals surface area contributed by atoms with Crippen LogP contribution in [0.15, 0.2) is 24.3 Å². The number of hydrogen-bond acceptors (Lipinski definition) is 4. The third kappa shape index (κ3) is 4.01. The summed E-state index contributed by atoms with van der Waals surface area (Å²) in [5.74, 6) is 0.120. The van der Waals surface area contributed by atoms with E-state index < -0.39 is 0 Å². The van der Waals surface area contributed by atoms with E-state index in [9.17, 15) is 14.9 Å². The first-order valence-corrected chi connectivity index (χ1v) is 7.34. The van der Waals surface area contributed by atoms with Gasteiger partial charge in [-0.25, -0.2) is 0 Å². The zero-order valence-electron chi connectivity index (χ0n) is 12.2. The molecule has 0 aromatic heterocycles. The first-order chi connectivity index (χ1) is 10.1. The van der Waals surface area contributed by atoms with Crippen LogP contribution in [0.1, 0.15) is 25.3 Å². The maximum Gasteiger partial charge on any atom is 0.272 e. The van der Waals surface area contributed by atoms with Crippen LogP contribution >= 0.6 is 0 Å². The van der Waals surface area contributed by atoms with Gasteiger partial charge in [-0.3, -0.25) is 14.9 Å². The van der Waals surface area contributed by atoms with E-state index in [4.69, 9.17) is 0 Å². The summed E-state index contributed by atoms with van der Waals surface area (Å²) in [6, 6.07) is 6.47. The molecule has 1 unspecified atom stereocenters. The minimum absolute atomic E-state index is 0.120. The van der Waals surface area contributed by atoms with E-state index in [0.29, 0.717) is 18.5 Å². The Morgan fingerprint density at radius 1 is 1.38 bits per heavy atom. The van der Waals surface area contributed by atoms with Gasteiger partial charge in [-0.2, -0.15) is 0 Å². The fourth-order valence-corrected chi connectivity index (χ4v) is 2.62. The van der Waals surface area contributed by atoms with Crippen LogP contribution in [-0.4, -0.2) is 41.4 Å². The lowest BCUT2D eigenvalue weighted by Crippen LogP contribution is -2.44. The van der Waals surface area contributed by atoms with Gasteiger partial charge in [-0.15, -0.1) is 0 Å². The van der Waals surface area contributed by atoms with Crippen LogP contribution in [0.2, 0.25) is 0 Å². The Morgan fingerprint density at radius 2 is 2.05 bits per heavy atom. The van der Waals surface area contributed by atoms with Gasteiger partial charge in [-0.05, 0) is 26.2 Å². The predicted octanol–water partition coefficient (Wildman–Crippen LogP) is 1.74. The summed E-state index contributed by atoms with van der Waals surface area (Å²) in [5.41, 5.74) is 0.827. The summed E-state index contributed by atoms with van der Waals surface area (Å²) in [7, 11) is 0. The molecule has 1 N–H and O–H groups in total. The second-order valence-corrected chi connectivity index (χ2v) is 5.34. The largest absolute Gasteiger partial charge is 0.341 e. The highest BCUT2D eigenvalue weighted by molar-refractivity contribution is 5.81. The van der Waals surface area contributed by atoms with E-state index in [2.05, 4.69) is 5.32 Å². The topological polar surface area (TPSA) is 75.5 Å². The van der Waals surface area contributed by atoms with Gasteiger partial charge in [0.15, 0.2) is 0 Å². The zero-order chi connectivity index (χ0) is 15.2. The number of hydrogen-bond donors (Lipinski definition) is 1. The number of nitrogens with one attached hydrogen (secondary N) is 1. The molecule has 21 heavy (non-hydrogen) atoms. The smallest absolute Gasteiger partial charge is 0.272 e. The molecule has 1 aliphatic heterocycles. The lowest BCUT2D eigenvalue weighted by molar-refractivity contribution is -0.385. The Kier molecular flexibility index (Phi) is 5.27. The van der Waals surface area contributed by atoms with Crippen molar-refractivity contribution >= 4 is 11.6 Å². The van der Waals surface area contributed by atoms with E-state index in [1.165, 1.54) is 6.07 Å². The van der Waals surface area contributed by atoms with Crippen molar-refractivity contribution in [3.8, 4) is 0 Å². The summed E-state index contributed by atoms with van der Waals surface area (Å²) in [6.45, 7) is 4.08. The molecule has 0 spiro atoms. The van der Waals surface area contributed by atoms with Crippen molar-refractivity contribution in [1.29, 1.82) is 0 Å². The highest BCUT2D eigenvalue weighted by Gasteiger charge is 2.22. The van der Waals surface area contributed by atoms with Crippen LogP contribution in [0.4, 0.5) is 5.69 Å². The number of nitro benzene ring substituents is 1. The molecule has 6 heteroatoms. The van der Waals surface area contributed by atoms with Crippen LogP contribution in [0.5, 0.6) is 0 Å². The van der Waals surface area contributed by atoms with Crippen molar-refractivity contribution in [3.63, 3.8) is 0 Å². The van der Waals surface area contributed by atoms with Gasteiger partial charge in [0.1, 0.15) is 0 Å². The molecule has 1 fully saturated rings. The second kappa shape index (κ2) is 7.17. The summed E-state index contributed by atoms with van der Waals surface area (Å²) < 4.78 is 0. The predicted molar refractivity (Wildman–Crippen MR) is 80.1 cm³/mol. The molecular formula is C15H21N3O3. The maximum absolute atomic E-state index is 12.1. The Morgan fingerprint density at radius 3 is 2.71 bits per heavy atom. The molecule has 2 rings (SSSR count).